The number of methoxy groups -OCH3 is 1. The molecule has 0 saturated carbocycles. The lowest BCUT2D eigenvalue weighted by Crippen LogP contribution is -2.14. The first-order valence-electron chi connectivity index (χ1n) is 5.97. The molecular weight excluding hydrogens is 261 g/mol. The summed E-state index contributed by atoms with van der Waals surface area (Å²) < 4.78 is 18.5. The van der Waals surface area contributed by atoms with Crippen molar-refractivity contribution in [3.8, 4) is 5.75 Å². The third kappa shape index (κ3) is 3.72. The molecule has 0 amide bonds. The first kappa shape index (κ1) is 13.9. The number of hydrogen-bond acceptors (Lipinski definition) is 3. The Kier molecular flexibility index (Phi) is 4.82. The van der Waals surface area contributed by atoms with E-state index >= 15 is 0 Å². The molecular formula is C15H16FNOS. The van der Waals surface area contributed by atoms with Crippen LogP contribution in [0.4, 0.5) is 4.39 Å². The summed E-state index contributed by atoms with van der Waals surface area (Å²) in [6, 6.07) is 14.1. The maximum atomic E-state index is 13.3. The summed E-state index contributed by atoms with van der Waals surface area (Å²) in [6.07, 6.45) is 0. The van der Waals surface area contributed by atoms with Crippen molar-refractivity contribution < 1.29 is 9.13 Å². The van der Waals surface area contributed by atoms with Crippen LogP contribution in [-0.4, -0.2) is 12.9 Å². The van der Waals surface area contributed by atoms with Gasteiger partial charge in [0.15, 0.2) is 0 Å². The Morgan fingerprint density at radius 2 is 1.95 bits per heavy atom. The van der Waals surface area contributed by atoms with E-state index in [1.165, 1.54) is 12.1 Å². The smallest absolute Gasteiger partial charge is 0.123 e. The van der Waals surface area contributed by atoms with E-state index in [0.717, 1.165) is 4.90 Å². The number of ether oxygens (including phenoxy) is 1. The van der Waals surface area contributed by atoms with Crippen LogP contribution in [0.5, 0.6) is 5.75 Å². The van der Waals surface area contributed by atoms with Crippen molar-refractivity contribution in [2.75, 3.05) is 12.9 Å². The zero-order valence-electron chi connectivity index (χ0n) is 10.7. The average Bonchev–Trinajstić information content (AvgIpc) is 2.46. The molecule has 2 rings (SSSR count). The number of rotatable bonds is 5. The summed E-state index contributed by atoms with van der Waals surface area (Å²) in [5, 5.41) is 0. The van der Waals surface area contributed by atoms with E-state index in [1.807, 2.05) is 30.3 Å². The predicted molar refractivity (Wildman–Crippen MR) is 77.0 cm³/mol. The fraction of sp³-hybridized carbons (Fsp3) is 0.200. The fourth-order valence-corrected chi connectivity index (χ4v) is 2.69. The van der Waals surface area contributed by atoms with E-state index in [-0.39, 0.29) is 11.9 Å². The van der Waals surface area contributed by atoms with Crippen LogP contribution < -0.4 is 10.5 Å². The van der Waals surface area contributed by atoms with E-state index in [4.69, 9.17) is 10.5 Å². The summed E-state index contributed by atoms with van der Waals surface area (Å²) >= 11 is 1.65. The molecule has 0 aliphatic heterocycles. The minimum Gasteiger partial charge on any atom is -0.496 e. The second-order valence-electron chi connectivity index (χ2n) is 4.12. The zero-order chi connectivity index (χ0) is 13.7. The molecule has 19 heavy (non-hydrogen) atoms. The van der Waals surface area contributed by atoms with Gasteiger partial charge in [-0.05, 0) is 30.3 Å². The van der Waals surface area contributed by atoms with Crippen LogP contribution in [0, 0.1) is 5.82 Å². The lowest BCUT2D eigenvalue weighted by atomic mass is 10.1. The SMILES string of the molecule is COc1ccc(F)cc1C(N)CSc1ccccc1. The van der Waals surface area contributed by atoms with E-state index < -0.39 is 0 Å². The number of nitrogens with two attached hydrogens (primary N) is 1. The molecule has 0 saturated heterocycles. The quantitative estimate of drug-likeness (QED) is 0.848. The van der Waals surface area contributed by atoms with E-state index in [9.17, 15) is 4.39 Å². The van der Waals surface area contributed by atoms with Crippen molar-refractivity contribution in [1.82, 2.24) is 0 Å². The van der Waals surface area contributed by atoms with Crippen molar-refractivity contribution in [3.63, 3.8) is 0 Å². The lowest BCUT2D eigenvalue weighted by Gasteiger charge is -2.15. The second kappa shape index (κ2) is 6.59. The highest BCUT2D eigenvalue weighted by atomic mass is 32.2. The Morgan fingerprint density at radius 1 is 1.21 bits per heavy atom. The van der Waals surface area contributed by atoms with Gasteiger partial charge in [-0.1, -0.05) is 18.2 Å². The largest absolute Gasteiger partial charge is 0.496 e. The normalized spacial score (nSPS) is 12.2. The summed E-state index contributed by atoms with van der Waals surface area (Å²) in [7, 11) is 1.56. The van der Waals surface area contributed by atoms with Crippen LogP contribution in [0.1, 0.15) is 11.6 Å². The molecule has 0 fully saturated rings. The van der Waals surface area contributed by atoms with Crippen molar-refractivity contribution in [3.05, 3.63) is 59.9 Å². The number of halogens is 1. The highest BCUT2D eigenvalue weighted by molar-refractivity contribution is 7.99. The van der Waals surface area contributed by atoms with Crippen molar-refractivity contribution in [1.29, 1.82) is 0 Å². The van der Waals surface area contributed by atoms with Crippen LogP contribution in [0.25, 0.3) is 0 Å². The summed E-state index contributed by atoms with van der Waals surface area (Å²) in [5.41, 5.74) is 6.82. The Bertz CT molecular complexity index is 533. The number of benzene rings is 2. The molecule has 100 valence electrons. The summed E-state index contributed by atoms with van der Waals surface area (Å²) in [4.78, 5) is 1.15. The third-order valence-electron chi connectivity index (χ3n) is 2.76. The highest BCUT2D eigenvalue weighted by Gasteiger charge is 2.13. The predicted octanol–water partition coefficient (Wildman–Crippen LogP) is 3.63. The molecule has 1 atom stereocenters. The Morgan fingerprint density at radius 3 is 2.63 bits per heavy atom. The van der Waals surface area contributed by atoms with Crippen LogP contribution in [0.15, 0.2) is 53.4 Å². The van der Waals surface area contributed by atoms with Crippen molar-refractivity contribution >= 4 is 11.8 Å². The minimum atomic E-state index is -0.295. The Labute approximate surface area is 116 Å². The molecule has 2 aromatic rings. The van der Waals surface area contributed by atoms with Crippen LogP contribution >= 0.6 is 11.8 Å². The summed E-state index contributed by atoms with van der Waals surface area (Å²) in [6.45, 7) is 0. The molecule has 0 aliphatic carbocycles. The van der Waals surface area contributed by atoms with E-state index in [0.29, 0.717) is 17.1 Å². The molecule has 0 aromatic heterocycles. The van der Waals surface area contributed by atoms with Crippen molar-refractivity contribution in [2.24, 2.45) is 5.73 Å². The van der Waals surface area contributed by atoms with Crippen LogP contribution in [0.3, 0.4) is 0 Å². The topological polar surface area (TPSA) is 35.2 Å². The molecule has 0 radical (unpaired) electrons. The van der Waals surface area contributed by atoms with E-state index in [1.54, 1.807) is 24.9 Å². The molecule has 0 spiro atoms. The van der Waals surface area contributed by atoms with Gasteiger partial charge in [0.05, 0.1) is 7.11 Å². The van der Waals surface area contributed by atoms with Gasteiger partial charge in [-0.2, -0.15) is 0 Å². The van der Waals surface area contributed by atoms with E-state index in [2.05, 4.69) is 0 Å². The zero-order valence-corrected chi connectivity index (χ0v) is 11.5. The van der Waals surface area contributed by atoms with Gasteiger partial charge in [-0.15, -0.1) is 11.8 Å². The number of hydrogen-bond donors (Lipinski definition) is 1. The first-order valence-corrected chi connectivity index (χ1v) is 6.96. The minimum absolute atomic E-state index is 0.268. The molecule has 2 aromatic carbocycles. The third-order valence-corrected chi connectivity index (χ3v) is 3.90. The van der Waals surface area contributed by atoms with Gasteiger partial charge in [0.1, 0.15) is 11.6 Å². The second-order valence-corrected chi connectivity index (χ2v) is 5.21. The van der Waals surface area contributed by atoms with Gasteiger partial charge in [0.25, 0.3) is 0 Å². The maximum absolute atomic E-state index is 13.3. The summed E-state index contributed by atoms with van der Waals surface area (Å²) in [5.74, 6) is 1.00. The Hall–Kier alpha value is -1.52. The fourth-order valence-electron chi connectivity index (χ4n) is 1.79. The molecule has 2 N–H and O–H groups in total. The molecule has 2 nitrogen and oxygen atoms in total. The van der Waals surface area contributed by atoms with Gasteiger partial charge in [-0.3, -0.25) is 0 Å². The van der Waals surface area contributed by atoms with Gasteiger partial charge < -0.3 is 10.5 Å². The van der Waals surface area contributed by atoms with Crippen molar-refractivity contribution in [2.45, 2.75) is 10.9 Å². The monoisotopic (exact) mass is 277 g/mol. The molecule has 0 aliphatic rings. The lowest BCUT2D eigenvalue weighted by molar-refractivity contribution is 0.405. The van der Waals surface area contributed by atoms with Crippen LogP contribution in [-0.2, 0) is 0 Å². The van der Waals surface area contributed by atoms with Gasteiger partial charge in [0, 0.05) is 22.3 Å². The first-order chi connectivity index (χ1) is 9.20. The van der Waals surface area contributed by atoms with Gasteiger partial charge in [0.2, 0.25) is 0 Å². The molecule has 1 unspecified atom stereocenters. The maximum Gasteiger partial charge on any atom is 0.123 e. The van der Waals surface area contributed by atoms with Gasteiger partial charge in [-0.25, -0.2) is 4.39 Å². The van der Waals surface area contributed by atoms with Crippen LogP contribution in [0.2, 0.25) is 0 Å². The number of thioether (sulfide) groups is 1. The average molecular weight is 277 g/mol. The standard InChI is InChI=1S/C15H16FNOS/c1-18-15-8-7-11(16)9-13(15)14(17)10-19-12-5-3-2-4-6-12/h2-9,14H,10,17H2,1H3. The Balaban J connectivity index is 2.07. The van der Waals surface area contributed by atoms with Gasteiger partial charge >= 0.3 is 0 Å². The molecule has 0 heterocycles. The molecule has 4 heteroatoms. The molecule has 0 bridgehead atoms. The highest BCUT2D eigenvalue weighted by Crippen LogP contribution is 2.29.